The average Bonchev–Trinajstić information content (AvgIpc) is 2.76. The maximum Gasteiger partial charge on any atom is 0.326 e. The van der Waals surface area contributed by atoms with Crippen LogP contribution < -0.4 is 18.9 Å². The van der Waals surface area contributed by atoms with Crippen LogP contribution in [0, 0.1) is 0 Å². The summed E-state index contributed by atoms with van der Waals surface area (Å²) in [5.74, 6) is 0.927. The van der Waals surface area contributed by atoms with E-state index in [1.54, 1.807) is 36.4 Å². The van der Waals surface area contributed by atoms with Crippen molar-refractivity contribution in [2.75, 3.05) is 28.4 Å². The molecule has 2 atom stereocenters. The molecule has 30 heavy (non-hydrogen) atoms. The summed E-state index contributed by atoms with van der Waals surface area (Å²) in [5.41, 5.74) is 1.59. The van der Waals surface area contributed by atoms with Gasteiger partial charge in [-0.3, -0.25) is 9.00 Å². The Kier molecular flexibility index (Phi) is 8.56. The van der Waals surface area contributed by atoms with Gasteiger partial charge < -0.3 is 24.1 Å². The predicted octanol–water partition coefficient (Wildman–Crippen LogP) is 4.01. The fraction of sp³-hybridized carbons (Fsp3) is 0.286. The normalized spacial score (nSPS) is 13.0. The van der Waals surface area contributed by atoms with E-state index >= 15 is 0 Å². The summed E-state index contributed by atoms with van der Waals surface area (Å²) in [7, 11) is 4.62. The summed E-state index contributed by atoms with van der Waals surface area (Å²) in [6, 6.07) is 8.32. The van der Waals surface area contributed by atoms with Crippen molar-refractivity contribution < 1.29 is 33.1 Å². The van der Waals surface area contributed by atoms with E-state index in [1.807, 2.05) is 0 Å². The molecule has 0 aliphatic carbocycles. The number of rotatable bonds is 10. The Hall–Kier alpha value is -2.71. The number of carboxylic acid groups (broad SMARTS) is 1. The fourth-order valence-electron chi connectivity index (χ4n) is 2.76. The van der Waals surface area contributed by atoms with Gasteiger partial charge in [-0.1, -0.05) is 6.07 Å². The minimum Gasteiger partial charge on any atom is -0.496 e. The number of methoxy groups -OCH3 is 4. The maximum absolute atomic E-state index is 12.6. The molecule has 1 N–H and O–H groups in total. The van der Waals surface area contributed by atoms with Crippen LogP contribution in [0.3, 0.4) is 0 Å². The second kappa shape index (κ2) is 10.9. The molecule has 0 spiro atoms. The van der Waals surface area contributed by atoms with E-state index in [-0.39, 0.29) is 5.75 Å². The van der Waals surface area contributed by atoms with Crippen LogP contribution in [0.2, 0.25) is 0 Å². The molecule has 7 nitrogen and oxygen atoms in total. The number of benzene rings is 2. The first kappa shape index (κ1) is 23.6. The number of aliphatic carboxylic acids is 1. The van der Waals surface area contributed by atoms with Gasteiger partial charge in [0.05, 0.1) is 50.6 Å². The number of hydrogen-bond acceptors (Lipinski definition) is 6. The topological polar surface area (TPSA) is 91.3 Å². The molecular formula is C21H23ClO7S. The maximum atomic E-state index is 12.6. The Morgan fingerprint density at radius 3 is 2.13 bits per heavy atom. The molecule has 0 fully saturated rings. The van der Waals surface area contributed by atoms with Gasteiger partial charge in [0.15, 0.2) is 5.38 Å². The highest BCUT2D eigenvalue weighted by Crippen LogP contribution is 2.35. The Labute approximate surface area is 182 Å². The van der Waals surface area contributed by atoms with Crippen molar-refractivity contribution in [3.8, 4) is 23.0 Å². The van der Waals surface area contributed by atoms with E-state index in [0.29, 0.717) is 39.7 Å². The predicted molar refractivity (Wildman–Crippen MR) is 116 cm³/mol. The van der Waals surface area contributed by atoms with Crippen molar-refractivity contribution in [1.82, 2.24) is 0 Å². The van der Waals surface area contributed by atoms with Gasteiger partial charge in [-0.15, -0.1) is 11.6 Å². The summed E-state index contributed by atoms with van der Waals surface area (Å²) in [4.78, 5) is 11.2. The molecule has 0 aliphatic rings. The van der Waals surface area contributed by atoms with Gasteiger partial charge in [-0.25, -0.2) is 0 Å². The fourth-order valence-corrected chi connectivity index (χ4v) is 3.82. The molecule has 2 unspecified atom stereocenters. The molecule has 0 aliphatic heterocycles. The van der Waals surface area contributed by atoms with Crippen molar-refractivity contribution in [2.24, 2.45) is 0 Å². The van der Waals surface area contributed by atoms with Crippen molar-refractivity contribution in [2.45, 2.75) is 11.1 Å². The lowest BCUT2D eigenvalue weighted by Gasteiger charge is -2.13. The number of carboxylic acids is 1. The van der Waals surface area contributed by atoms with Gasteiger partial charge >= 0.3 is 5.97 Å². The third-order valence-electron chi connectivity index (χ3n) is 4.23. The first-order chi connectivity index (χ1) is 14.3. The summed E-state index contributed by atoms with van der Waals surface area (Å²) < 4.78 is 33.8. The van der Waals surface area contributed by atoms with Gasteiger partial charge in [0.1, 0.15) is 23.0 Å². The smallest absolute Gasteiger partial charge is 0.326 e. The molecule has 2 aromatic rings. The molecule has 0 heterocycles. The summed E-state index contributed by atoms with van der Waals surface area (Å²) in [6.07, 6.45) is 1.65. The highest BCUT2D eigenvalue weighted by Gasteiger charge is 2.21. The van der Waals surface area contributed by atoms with Crippen LogP contribution in [0.1, 0.15) is 22.1 Å². The minimum absolute atomic E-state index is 0.164. The number of halogens is 1. The van der Waals surface area contributed by atoms with Crippen LogP contribution in [0.4, 0.5) is 0 Å². The van der Waals surface area contributed by atoms with E-state index in [1.165, 1.54) is 33.8 Å². The average molecular weight is 455 g/mol. The second-order valence-electron chi connectivity index (χ2n) is 6.05. The molecule has 0 amide bonds. The molecule has 2 rings (SSSR count). The summed E-state index contributed by atoms with van der Waals surface area (Å²) >= 11 is 5.96. The van der Waals surface area contributed by atoms with E-state index in [9.17, 15) is 14.1 Å². The zero-order chi connectivity index (χ0) is 22.3. The number of alkyl halides is 1. The summed E-state index contributed by atoms with van der Waals surface area (Å²) in [6.45, 7) is 0. The highest BCUT2D eigenvalue weighted by atomic mass is 35.5. The molecule has 2 aromatic carbocycles. The third-order valence-corrected chi connectivity index (χ3v) is 5.71. The Morgan fingerprint density at radius 2 is 1.63 bits per heavy atom. The largest absolute Gasteiger partial charge is 0.496 e. The van der Waals surface area contributed by atoms with Crippen LogP contribution >= 0.6 is 11.6 Å². The molecule has 162 valence electrons. The van der Waals surface area contributed by atoms with Crippen LogP contribution in [-0.4, -0.2) is 43.7 Å². The van der Waals surface area contributed by atoms with Crippen LogP contribution in [0.25, 0.3) is 6.08 Å². The molecular weight excluding hydrogens is 432 g/mol. The Balaban J connectivity index is 2.27. The van der Waals surface area contributed by atoms with Crippen LogP contribution in [-0.2, 0) is 21.3 Å². The lowest BCUT2D eigenvalue weighted by Crippen LogP contribution is -2.07. The Bertz CT molecular complexity index is 933. The van der Waals surface area contributed by atoms with Gasteiger partial charge in [0.2, 0.25) is 0 Å². The molecule has 0 bridgehead atoms. The first-order valence-electron chi connectivity index (χ1n) is 8.73. The lowest BCUT2D eigenvalue weighted by molar-refractivity contribution is -0.136. The van der Waals surface area contributed by atoms with Crippen molar-refractivity contribution in [1.29, 1.82) is 0 Å². The monoisotopic (exact) mass is 454 g/mol. The summed E-state index contributed by atoms with van der Waals surface area (Å²) in [5, 5.41) is 9.44. The van der Waals surface area contributed by atoms with Crippen LogP contribution in [0.5, 0.6) is 23.0 Å². The van der Waals surface area contributed by atoms with E-state index in [4.69, 9.17) is 30.5 Å². The first-order valence-corrected chi connectivity index (χ1v) is 10.6. The standard InChI is InChI=1S/C21H23ClO7S/c1-26-14-10-18(28-3)15(19(11-14)29-4)7-8-30(25)12-13-5-6-17(27-2)16(9-13)20(22)21(23)24/h5-11,20H,12H2,1-4H3,(H,23,24). The van der Waals surface area contributed by atoms with Gasteiger partial charge in [0.25, 0.3) is 0 Å². The van der Waals surface area contributed by atoms with Gasteiger partial charge in [-0.05, 0) is 23.8 Å². The zero-order valence-corrected chi connectivity index (χ0v) is 18.6. The molecule has 0 saturated heterocycles. The van der Waals surface area contributed by atoms with E-state index in [0.717, 1.165) is 0 Å². The molecule has 0 saturated carbocycles. The quantitative estimate of drug-likeness (QED) is 0.542. The Morgan fingerprint density at radius 1 is 1.03 bits per heavy atom. The van der Waals surface area contributed by atoms with Crippen molar-refractivity contribution >= 4 is 34.4 Å². The molecule has 0 radical (unpaired) electrons. The minimum atomic E-state index is -1.39. The SMILES string of the molecule is COc1cc(OC)c(C=CS(=O)Cc2ccc(OC)c(C(Cl)C(=O)O)c2)c(OC)c1. The van der Waals surface area contributed by atoms with E-state index < -0.39 is 22.1 Å². The van der Waals surface area contributed by atoms with Gasteiger partial charge in [-0.2, -0.15) is 0 Å². The zero-order valence-electron chi connectivity index (χ0n) is 17.0. The third kappa shape index (κ3) is 5.67. The van der Waals surface area contributed by atoms with Crippen LogP contribution in [0.15, 0.2) is 35.7 Å². The van der Waals surface area contributed by atoms with Crippen molar-refractivity contribution in [3.63, 3.8) is 0 Å². The van der Waals surface area contributed by atoms with Crippen molar-refractivity contribution in [3.05, 3.63) is 52.4 Å². The highest BCUT2D eigenvalue weighted by molar-refractivity contribution is 7.87. The molecule has 0 aromatic heterocycles. The second-order valence-corrected chi connectivity index (χ2v) is 7.81. The number of carbonyl (C=O) groups is 1. The lowest BCUT2D eigenvalue weighted by atomic mass is 10.1. The molecule has 9 heteroatoms. The van der Waals surface area contributed by atoms with E-state index in [2.05, 4.69) is 0 Å². The van der Waals surface area contributed by atoms with Gasteiger partial charge in [0, 0.05) is 23.1 Å². The number of hydrogen-bond donors (Lipinski definition) is 1. The number of ether oxygens (including phenoxy) is 4.